The number of aromatic nitrogens is 1. The predicted molar refractivity (Wildman–Crippen MR) is 95.7 cm³/mol. The number of halogens is 1. The maximum absolute atomic E-state index is 12.7. The van der Waals surface area contributed by atoms with E-state index in [0.717, 1.165) is 19.5 Å². The van der Waals surface area contributed by atoms with Crippen LogP contribution in [0.15, 0.2) is 28.8 Å². The van der Waals surface area contributed by atoms with Gasteiger partial charge in [0.2, 0.25) is 0 Å². The molecule has 1 aromatic carbocycles. The Hall–Kier alpha value is -1.89. The molecule has 1 saturated heterocycles. The van der Waals surface area contributed by atoms with Crippen molar-refractivity contribution in [2.45, 2.75) is 31.8 Å². The maximum atomic E-state index is 12.7. The quantitative estimate of drug-likeness (QED) is 0.777. The van der Waals surface area contributed by atoms with Crippen molar-refractivity contribution in [3.8, 4) is 11.3 Å². The number of carbonyl (C=O) groups excluding carboxylic acids is 1. The van der Waals surface area contributed by atoms with E-state index in [2.05, 4.69) is 15.8 Å². The summed E-state index contributed by atoms with van der Waals surface area (Å²) >= 11 is 6.22. The van der Waals surface area contributed by atoms with Crippen molar-refractivity contribution in [2.24, 2.45) is 0 Å². The van der Waals surface area contributed by atoms with Gasteiger partial charge in [-0.05, 0) is 45.3 Å². The second-order valence-corrected chi connectivity index (χ2v) is 6.86. The number of hydrogen-bond donors (Lipinski definition) is 3. The molecule has 25 heavy (non-hydrogen) atoms. The van der Waals surface area contributed by atoms with Crippen molar-refractivity contribution in [3.05, 3.63) is 40.6 Å². The average molecular weight is 364 g/mol. The topological polar surface area (TPSA) is 87.4 Å². The first kappa shape index (κ1) is 17.9. The van der Waals surface area contributed by atoms with Gasteiger partial charge in [-0.15, -0.1) is 0 Å². The number of aliphatic hydroxyl groups is 1. The van der Waals surface area contributed by atoms with E-state index in [1.165, 1.54) is 0 Å². The second kappa shape index (κ2) is 7.56. The van der Waals surface area contributed by atoms with E-state index in [4.69, 9.17) is 16.1 Å². The Balaban J connectivity index is 1.79. The zero-order valence-electron chi connectivity index (χ0n) is 14.1. The number of benzene rings is 1. The van der Waals surface area contributed by atoms with Gasteiger partial charge in [0.05, 0.1) is 10.6 Å². The molecule has 6 nitrogen and oxygen atoms in total. The predicted octanol–water partition coefficient (Wildman–Crippen LogP) is 2.54. The minimum atomic E-state index is -0.894. The van der Waals surface area contributed by atoms with Gasteiger partial charge in [0, 0.05) is 12.1 Å². The largest absolute Gasteiger partial charge is 0.388 e. The molecule has 0 bridgehead atoms. The lowest BCUT2D eigenvalue weighted by molar-refractivity contribution is 0.0275. The Morgan fingerprint density at radius 1 is 1.40 bits per heavy atom. The van der Waals surface area contributed by atoms with Gasteiger partial charge in [-0.3, -0.25) is 4.79 Å². The molecular formula is C18H22ClN3O3. The van der Waals surface area contributed by atoms with E-state index < -0.39 is 5.60 Å². The van der Waals surface area contributed by atoms with Gasteiger partial charge < -0.3 is 20.3 Å². The Labute approximate surface area is 151 Å². The third-order valence-electron chi connectivity index (χ3n) is 4.56. The molecule has 2 heterocycles. The highest BCUT2D eigenvalue weighted by Gasteiger charge is 2.30. The van der Waals surface area contributed by atoms with Crippen LogP contribution < -0.4 is 10.6 Å². The van der Waals surface area contributed by atoms with E-state index in [0.29, 0.717) is 40.4 Å². The molecule has 3 N–H and O–H groups in total. The van der Waals surface area contributed by atoms with E-state index in [1.807, 2.05) is 12.1 Å². The Kier molecular flexibility index (Phi) is 5.42. The highest BCUT2D eigenvalue weighted by molar-refractivity contribution is 6.33. The van der Waals surface area contributed by atoms with E-state index in [-0.39, 0.29) is 12.5 Å². The van der Waals surface area contributed by atoms with Crippen molar-refractivity contribution in [1.29, 1.82) is 0 Å². The molecular weight excluding hydrogens is 342 g/mol. The molecule has 7 heteroatoms. The zero-order chi connectivity index (χ0) is 17.9. The minimum Gasteiger partial charge on any atom is -0.388 e. The third-order valence-corrected chi connectivity index (χ3v) is 4.89. The van der Waals surface area contributed by atoms with Crippen LogP contribution in [0, 0.1) is 6.92 Å². The van der Waals surface area contributed by atoms with Crippen LogP contribution in [-0.2, 0) is 0 Å². The zero-order valence-corrected chi connectivity index (χ0v) is 14.9. The molecule has 1 aromatic heterocycles. The Morgan fingerprint density at radius 3 is 3.00 bits per heavy atom. The normalized spacial score (nSPS) is 20.9. The van der Waals surface area contributed by atoms with Crippen LogP contribution in [-0.4, -0.2) is 41.4 Å². The fourth-order valence-corrected chi connectivity index (χ4v) is 3.33. The fraction of sp³-hybridized carbons (Fsp3) is 0.444. The van der Waals surface area contributed by atoms with Crippen molar-refractivity contribution in [1.82, 2.24) is 15.8 Å². The van der Waals surface area contributed by atoms with Gasteiger partial charge in [-0.1, -0.05) is 35.0 Å². The summed E-state index contributed by atoms with van der Waals surface area (Å²) in [4.78, 5) is 12.7. The van der Waals surface area contributed by atoms with Crippen LogP contribution in [0.25, 0.3) is 11.3 Å². The summed E-state index contributed by atoms with van der Waals surface area (Å²) in [6.07, 6.45) is 2.14. The van der Waals surface area contributed by atoms with Gasteiger partial charge in [0.25, 0.3) is 5.91 Å². The summed E-state index contributed by atoms with van der Waals surface area (Å²) in [5, 5.41) is 21.3. The van der Waals surface area contributed by atoms with Gasteiger partial charge in [0.15, 0.2) is 0 Å². The first-order chi connectivity index (χ1) is 12.0. The molecule has 1 unspecified atom stereocenters. The summed E-state index contributed by atoms with van der Waals surface area (Å²) in [5.41, 5.74) is 0.511. The number of nitrogens with zero attached hydrogens (tertiary/aromatic N) is 1. The van der Waals surface area contributed by atoms with E-state index in [9.17, 15) is 9.90 Å². The molecule has 2 aromatic rings. The maximum Gasteiger partial charge on any atom is 0.257 e. The molecule has 1 fully saturated rings. The van der Waals surface area contributed by atoms with E-state index in [1.54, 1.807) is 19.1 Å². The number of aryl methyl sites for hydroxylation is 1. The summed E-state index contributed by atoms with van der Waals surface area (Å²) in [5.74, 6) is 0.0984. The number of amides is 1. The van der Waals surface area contributed by atoms with Gasteiger partial charge >= 0.3 is 0 Å². The number of nitrogens with one attached hydrogen (secondary N) is 2. The molecule has 3 rings (SSSR count). The summed E-state index contributed by atoms with van der Waals surface area (Å²) in [6, 6.07) is 7.17. The van der Waals surface area contributed by atoms with Gasteiger partial charge in [-0.2, -0.15) is 0 Å². The number of hydrogen-bond acceptors (Lipinski definition) is 5. The molecule has 1 aliphatic heterocycles. The first-order valence-electron chi connectivity index (χ1n) is 8.43. The lowest BCUT2D eigenvalue weighted by Gasteiger charge is -2.26. The molecule has 0 aliphatic carbocycles. The third kappa shape index (κ3) is 4.03. The molecule has 1 aliphatic rings. The summed E-state index contributed by atoms with van der Waals surface area (Å²) in [6.45, 7) is 3.51. The summed E-state index contributed by atoms with van der Waals surface area (Å²) in [7, 11) is 0. The fourth-order valence-electron chi connectivity index (χ4n) is 3.10. The Morgan fingerprint density at radius 2 is 2.20 bits per heavy atom. The molecule has 0 saturated carbocycles. The highest BCUT2D eigenvalue weighted by Crippen LogP contribution is 2.31. The van der Waals surface area contributed by atoms with Crippen LogP contribution >= 0.6 is 11.6 Å². The average Bonchev–Trinajstić information content (AvgIpc) is 2.84. The monoisotopic (exact) mass is 363 g/mol. The standard InChI is InChI=1S/C18H22ClN3O3/c1-12-15(16(22-25-12)13-5-2-3-6-14(13)19)17(23)21-11-18(24)7-4-9-20-10-8-18/h2-3,5-6,20,24H,4,7-11H2,1H3,(H,21,23). The highest BCUT2D eigenvalue weighted by atomic mass is 35.5. The van der Waals surface area contributed by atoms with Gasteiger partial charge in [0.1, 0.15) is 17.0 Å². The van der Waals surface area contributed by atoms with Gasteiger partial charge in [-0.25, -0.2) is 0 Å². The lowest BCUT2D eigenvalue weighted by Crippen LogP contribution is -2.43. The lowest BCUT2D eigenvalue weighted by atomic mass is 9.94. The smallest absolute Gasteiger partial charge is 0.257 e. The Bertz CT molecular complexity index is 752. The van der Waals surface area contributed by atoms with Crippen molar-refractivity contribution < 1.29 is 14.4 Å². The van der Waals surface area contributed by atoms with Crippen LogP contribution in [0.3, 0.4) is 0 Å². The van der Waals surface area contributed by atoms with Crippen molar-refractivity contribution in [2.75, 3.05) is 19.6 Å². The molecule has 1 atom stereocenters. The van der Waals surface area contributed by atoms with Crippen LogP contribution in [0.4, 0.5) is 0 Å². The second-order valence-electron chi connectivity index (χ2n) is 6.45. The minimum absolute atomic E-state index is 0.195. The van der Waals surface area contributed by atoms with Crippen LogP contribution in [0.5, 0.6) is 0 Å². The molecule has 134 valence electrons. The van der Waals surface area contributed by atoms with Crippen molar-refractivity contribution >= 4 is 17.5 Å². The molecule has 1 amide bonds. The summed E-state index contributed by atoms with van der Waals surface area (Å²) < 4.78 is 5.22. The van der Waals surface area contributed by atoms with Crippen LogP contribution in [0.1, 0.15) is 35.4 Å². The molecule has 0 spiro atoms. The van der Waals surface area contributed by atoms with Crippen molar-refractivity contribution in [3.63, 3.8) is 0 Å². The first-order valence-corrected chi connectivity index (χ1v) is 8.80. The number of rotatable bonds is 4. The van der Waals surface area contributed by atoms with E-state index >= 15 is 0 Å². The SMILES string of the molecule is Cc1onc(-c2ccccc2Cl)c1C(=O)NCC1(O)CCCNCC1. The number of carbonyl (C=O) groups is 1. The molecule has 0 radical (unpaired) electrons. The van der Waals surface area contributed by atoms with Crippen LogP contribution in [0.2, 0.25) is 5.02 Å².